The lowest BCUT2D eigenvalue weighted by Crippen LogP contribution is -2.22. The van der Waals surface area contributed by atoms with Gasteiger partial charge in [0.1, 0.15) is 0 Å². The summed E-state index contributed by atoms with van der Waals surface area (Å²) in [5.74, 6) is 0.203. The zero-order valence-electron chi connectivity index (χ0n) is 12.2. The van der Waals surface area contributed by atoms with Gasteiger partial charge < -0.3 is 15.7 Å². The van der Waals surface area contributed by atoms with Crippen LogP contribution in [0.5, 0.6) is 0 Å². The summed E-state index contributed by atoms with van der Waals surface area (Å²) in [4.78, 5) is 11.9. The maximum atomic E-state index is 11.9. The highest BCUT2D eigenvalue weighted by atomic mass is 35.5. The zero-order chi connectivity index (χ0) is 15.1. The van der Waals surface area contributed by atoms with Gasteiger partial charge in [-0.25, -0.2) is 0 Å². The SMILES string of the molecule is CCC(C)C(=O)Nc1cccc(NCC(O)CCl)c1C. The van der Waals surface area contributed by atoms with Crippen LogP contribution in [0.2, 0.25) is 0 Å². The summed E-state index contributed by atoms with van der Waals surface area (Å²) >= 11 is 5.56. The standard InChI is InChI=1S/C15H23ClN2O2/c1-4-10(2)15(20)18-14-7-5-6-13(11(14)3)17-9-12(19)8-16/h5-7,10,12,17,19H,4,8-9H2,1-3H3,(H,18,20). The van der Waals surface area contributed by atoms with Crippen molar-refractivity contribution in [2.45, 2.75) is 33.3 Å². The number of halogens is 1. The third kappa shape index (κ3) is 4.69. The monoisotopic (exact) mass is 298 g/mol. The number of benzene rings is 1. The smallest absolute Gasteiger partial charge is 0.227 e. The molecule has 1 amide bonds. The second kappa shape index (κ2) is 8.12. The van der Waals surface area contributed by atoms with Crippen LogP contribution in [0, 0.1) is 12.8 Å². The van der Waals surface area contributed by atoms with Crippen LogP contribution in [-0.4, -0.2) is 29.5 Å². The fourth-order valence-corrected chi connectivity index (χ4v) is 1.80. The Kier molecular flexibility index (Phi) is 6.82. The van der Waals surface area contributed by atoms with E-state index < -0.39 is 6.10 Å². The van der Waals surface area contributed by atoms with Crippen LogP contribution in [0.3, 0.4) is 0 Å². The molecule has 0 fully saturated rings. The Bertz CT molecular complexity index is 451. The topological polar surface area (TPSA) is 61.4 Å². The second-order valence-electron chi connectivity index (χ2n) is 4.97. The molecule has 3 N–H and O–H groups in total. The minimum absolute atomic E-state index is 0.0101. The quantitative estimate of drug-likeness (QED) is 0.678. The van der Waals surface area contributed by atoms with Crippen molar-refractivity contribution in [1.29, 1.82) is 0 Å². The molecule has 0 aliphatic heterocycles. The van der Waals surface area contributed by atoms with Gasteiger partial charge in [0.25, 0.3) is 0 Å². The normalized spacial score (nSPS) is 13.7. The molecule has 4 nitrogen and oxygen atoms in total. The highest BCUT2D eigenvalue weighted by Gasteiger charge is 2.13. The van der Waals surface area contributed by atoms with Gasteiger partial charge in [-0.15, -0.1) is 11.6 Å². The van der Waals surface area contributed by atoms with E-state index in [1.54, 1.807) is 0 Å². The number of alkyl halides is 1. The van der Waals surface area contributed by atoms with Crippen molar-refractivity contribution in [3.8, 4) is 0 Å². The number of nitrogens with one attached hydrogen (secondary N) is 2. The molecule has 112 valence electrons. The average molecular weight is 299 g/mol. The number of amides is 1. The van der Waals surface area contributed by atoms with Crippen LogP contribution >= 0.6 is 11.6 Å². The number of anilines is 2. The molecule has 1 aromatic rings. The van der Waals surface area contributed by atoms with Gasteiger partial charge in [-0.05, 0) is 31.0 Å². The number of hydrogen-bond donors (Lipinski definition) is 3. The highest BCUT2D eigenvalue weighted by molar-refractivity contribution is 6.18. The van der Waals surface area contributed by atoms with Gasteiger partial charge >= 0.3 is 0 Å². The molecule has 0 spiro atoms. The molecule has 0 bridgehead atoms. The van der Waals surface area contributed by atoms with Gasteiger partial charge in [-0.1, -0.05) is 19.9 Å². The first-order valence-electron chi connectivity index (χ1n) is 6.88. The summed E-state index contributed by atoms with van der Waals surface area (Å²) in [6.07, 6.45) is 0.222. The third-order valence-electron chi connectivity index (χ3n) is 3.36. The lowest BCUT2D eigenvalue weighted by molar-refractivity contribution is -0.119. The number of carbonyl (C=O) groups excluding carboxylic acids is 1. The van der Waals surface area contributed by atoms with E-state index in [4.69, 9.17) is 11.6 Å². The van der Waals surface area contributed by atoms with Gasteiger partial charge in [0.05, 0.1) is 12.0 Å². The number of aliphatic hydroxyl groups excluding tert-OH is 1. The molecule has 1 rings (SSSR count). The number of aliphatic hydroxyl groups is 1. The first-order valence-corrected chi connectivity index (χ1v) is 7.41. The Balaban J connectivity index is 2.76. The van der Waals surface area contributed by atoms with Crippen molar-refractivity contribution in [3.05, 3.63) is 23.8 Å². The number of hydrogen-bond acceptors (Lipinski definition) is 3. The Morgan fingerprint density at radius 3 is 2.65 bits per heavy atom. The summed E-state index contributed by atoms with van der Waals surface area (Å²) < 4.78 is 0. The fourth-order valence-electron chi connectivity index (χ4n) is 1.69. The van der Waals surface area contributed by atoms with Gasteiger partial charge in [0.15, 0.2) is 0 Å². The van der Waals surface area contributed by atoms with Crippen molar-refractivity contribution in [2.75, 3.05) is 23.1 Å². The molecule has 0 radical (unpaired) electrons. The van der Waals surface area contributed by atoms with Crippen molar-refractivity contribution in [1.82, 2.24) is 0 Å². The Morgan fingerprint density at radius 1 is 1.40 bits per heavy atom. The molecular formula is C15H23ClN2O2. The first-order chi connectivity index (χ1) is 9.49. The van der Waals surface area contributed by atoms with Crippen LogP contribution in [-0.2, 0) is 4.79 Å². The molecular weight excluding hydrogens is 276 g/mol. The fraction of sp³-hybridized carbons (Fsp3) is 0.533. The van der Waals surface area contributed by atoms with Gasteiger partial charge in [-0.3, -0.25) is 4.79 Å². The molecule has 2 atom stereocenters. The predicted molar refractivity (Wildman–Crippen MR) is 84.5 cm³/mol. The van der Waals surface area contributed by atoms with E-state index in [1.807, 2.05) is 39.0 Å². The summed E-state index contributed by atoms with van der Waals surface area (Å²) in [5.41, 5.74) is 2.63. The molecule has 2 unspecified atom stereocenters. The minimum atomic E-state index is -0.588. The van der Waals surface area contributed by atoms with E-state index in [-0.39, 0.29) is 17.7 Å². The average Bonchev–Trinajstić information content (AvgIpc) is 2.46. The molecule has 0 saturated heterocycles. The second-order valence-corrected chi connectivity index (χ2v) is 5.27. The maximum absolute atomic E-state index is 11.9. The van der Waals surface area contributed by atoms with Crippen molar-refractivity contribution >= 4 is 28.9 Å². The van der Waals surface area contributed by atoms with E-state index in [0.29, 0.717) is 6.54 Å². The third-order valence-corrected chi connectivity index (χ3v) is 3.71. The Morgan fingerprint density at radius 2 is 2.05 bits per heavy atom. The molecule has 0 aliphatic rings. The lowest BCUT2D eigenvalue weighted by Gasteiger charge is -2.17. The Hall–Kier alpha value is -1.26. The van der Waals surface area contributed by atoms with E-state index in [0.717, 1.165) is 23.4 Å². The molecule has 0 heterocycles. The van der Waals surface area contributed by atoms with Crippen molar-refractivity contribution in [3.63, 3.8) is 0 Å². The van der Waals surface area contributed by atoms with Crippen molar-refractivity contribution in [2.24, 2.45) is 5.92 Å². The number of carbonyl (C=O) groups is 1. The van der Waals surface area contributed by atoms with Crippen LogP contribution in [0.15, 0.2) is 18.2 Å². The Labute approximate surface area is 125 Å². The molecule has 0 aliphatic carbocycles. The zero-order valence-corrected chi connectivity index (χ0v) is 13.0. The molecule has 1 aromatic carbocycles. The molecule has 0 aromatic heterocycles. The van der Waals surface area contributed by atoms with Gasteiger partial charge in [-0.2, -0.15) is 0 Å². The van der Waals surface area contributed by atoms with E-state index >= 15 is 0 Å². The summed E-state index contributed by atoms with van der Waals surface area (Å²) in [5, 5.41) is 15.5. The van der Waals surface area contributed by atoms with Crippen molar-refractivity contribution < 1.29 is 9.90 Å². The summed E-state index contributed by atoms with van der Waals surface area (Å²) in [7, 11) is 0. The molecule has 20 heavy (non-hydrogen) atoms. The largest absolute Gasteiger partial charge is 0.390 e. The van der Waals surface area contributed by atoms with Crippen LogP contribution in [0.1, 0.15) is 25.8 Å². The van der Waals surface area contributed by atoms with Crippen LogP contribution < -0.4 is 10.6 Å². The van der Waals surface area contributed by atoms with E-state index in [2.05, 4.69) is 10.6 Å². The molecule has 5 heteroatoms. The lowest BCUT2D eigenvalue weighted by atomic mass is 10.1. The number of rotatable bonds is 7. The summed E-state index contributed by atoms with van der Waals surface area (Å²) in [6.45, 7) is 6.21. The van der Waals surface area contributed by atoms with Gasteiger partial charge in [0, 0.05) is 23.8 Å². The van der Waals surface area contributed by atoms with Crippen LogP contribution in [0.4, 0.5) is 11.4 Å². The van der Waals surface area contributed by atoms with E-state index in [1.165, 1.54) is 0 Å². The molecule has 0 saturated carbocycles. The first kappa shape index (κ1) is 16.8. The summed E-state index contributed by atoms with van der Waals surface area (Å²) in [6, 6.07) is 5.66. The predicted octanol–water partition coefficient (Wildman–Crippen LogP) is 2.99. The minimum Gasteiger partial charge on any atom is -0.390 e. The highest BCUT2D eigenvalue weighted by Crippen LogP contribution is 2.24. The van der Waals surface area contributed by atoms with Crippen LogP contribution in [0.25, 0.3) is 0 Å². The van der Waals surface area contributed by atoms with Gasteiger partial charge in [0.2, 0.25) is 5.91 Å². The van der Waals surface area contributed by atoms with E-state index in [9.17, 15) is 9.90 Å². The maximum Gasteiger partial charge on any atom is 0.227 e.